The highest BCUT2D eigenvalue weighted by molar-refractivity contribution is 6.04. The van der Waals surface area contributed by atoms with Gasteiger partial charge in [0.15, 0.2) is 0 Å². The van der Waals surface area contributed by atoms with Crippen molar-refractivity contribution in [2.75, 3.05) is 7.11 Å². The number of methoxy groups -OCH3 is 1. The topological polar surface area (TPSA) is 59.4 Å². The van der Waals surface area contributed by atoms with Crippen LogP contribution >= 0.6 is 0 Å². The molecule has 0 radical (unpaired) electrons. The van der Waals surface area contributed by atoms with Crippen molar-refractivity contribution in [3.05, 3.63) is 59.7 Å². The Morgan fingerprint density at radius 1 is 1.12 bits per heavy atom. The van der Waals surface area contributed by atoms with Crippen LogP contribution in [0.3, 0.4) is 0 Å². The minimum atomic E-state index is -0.951. The number of hydrogen-bond acceptors (Lipinski definition) is 3. The largest absolute Gasteiger partial charge is 0.497 e. The van der Waals surface area contributed by atoms with Crippen molar-refractivity contribution in [2.24, 2.45) is 0 Å². The third-order valence-electron chi connectivity index (χ3n) is 4.09. The Hall–Kier alpha value is -2.88. The number of carbonyl (C=O) groups is 1. The number of ether oxygens (including phenoxy) is 1. The maximum atomic E-state index is 11.8. The summed E-state index contributed by atoms with van der Waals surface area (Å²) in [6, 6.07) is 14.8. The Kier molecular flexibility index (Phi) is 4.21. The second kappa shape index (κ2) is 6.32. The molecule has 0 bridgehead atoms. The number of carboxylic acid groups (broad SMARTS) is 1. The fourth-order valence-electron chi connectivity index (χ4n) is 2.84. The van der Waals surface area contributed by atoms with E-state index in [1.807, 2.05) is 42.5 Å². The van der Waals surface area contributed by atoms with Crippen LogP contribution in [0.15, 0.2) is 48.5 Å². The minimum absolute atomic E-state index is 0.253. The van der Waals surface area contributed by atoms with Gasteiger partial charge in [-0.05, 0) is 29.7 Å². The van der Waals surface area contributed by atoms with Gasteiger partial charge in [0.1, 0.15) is 5.75 Å². The summed E-state index contributed by atoms with van der Waals surface area (Å²) in [6.45, 7) is 4.16. The van der Waals surface area contributed by atoms with E-state index in [0.29, 0.717) is 16.8 Å². The number of aromatic nitrogens is 1. The number of carboxylic acids is 1. The molecule has 0 aliphatic heterocycles. The van der Waals surface area contributed by atoms with Crippen molar-refractivity contribution in [1.82, 2.24) is 4.98 Å². The smallest absolute Gasteiger partial charge is 0.336 e. The third-order valence-corrected chi connectivity index (χ3v) is 4.09. The Balaban J connectivity index is 2.33. The van der Waals surface area contributed by atoms with Crippen LogP contribution in [0.25, 0.3) is 22.2 Å². The average Bonchev–Trinajstić information content (AvgIpc) is 2.59. The molecule has 3 aromatic rings. The Labute approximate surface area is 140 Å². The molecule has 0 fully saturated rings. The molecule has 0 aliphatic carbocycles. The van der Waals surface area contributed by atoms with Crippen LogP contribution in [0, 0.1) is 0 Å². The first-order chi connectivity index (χ1) is 11.5. The van der Waals surface area contributed by atoms with E-state index < -0.39 is 5.97 Å². The van der Waals surface area contributed by atoms with E-state index >= 15 is 0 Å². The molecule has 122 valence electrons. The highest BCUT2D eigenvalue weighted by Gasteiger charge is 2.16. The van der Waals surface area contributed by atoms with E-state index in [9.17, 15) is 9.90 Å². The standard InChI is InChI=1S/C20H19NO3/c1-12(2)15-8-5-9-16-17(20(22)23)11-18(21-19(15)16)13-6-4-7-14(10-13)24-3/h4-12H,1-3H3,(H,22,23). The molecular weight excluding hydrogens is 302 g/mol. The molecule has 0 saturated carbocycles. The maximum Gasteiger partial charge on any atom is 0.336 e. The molecule has 0 spiro atoms. The lowest BCUT2D eigenvalue weighted by Gasteiger charge is -2.13. The third kappa shape index (κ3) is 2.83. The first-order valence-electron chi connectivity index (χ1n) is 7.82. The number of fused-ring (bicyclic) bond motifs is 1. The van der Waals surface area contributed by atoms with Gasteiger partial charge in [-0.2, -0.15) is 0 Å². The number of pyridine rings is 1. The second-order valence-electron chi connectivity index (χ2n) is 5.99. The van der Waals surface area contributed by atoms with Gasteiger partial charge >= 0.3 is 5.97 Å². The van der Waals surface area contributed by atoms with Gasteiger partial charge in [-0.25, -0.2) is 9.78 Å². The number of hydrogen-bond donors (Lipinski definition) is 1. The number of nitrogens with zero attached hydrogens (tertiary/aromatic N) is 1. The van der Waals surface area contributed by atoms with Crippen molar-refractivity contribution in [1.29, 1.82) is 0 Å². The molecule has 1 aromatic heterocycles. The summed E-state index contributed by atoms with van der Waals surface area (Å²) in [5.41, 5.74) is 3.51. The van der Waals surface area contributed by atoms with E-state index in [1.54, 1.807) is 13.2 Å². The quantitative estimate of drug-likeness (QED) is 0.754. The highest BCUT2D eigenvalue weighted by atomic mass is 16.5. The number of benzene rings is 2. The van der Waals surface area contributed by atoms with Crippen LogP contribution in [0.4, 0.5) is 0 Å². The van der Waals surface area contributed by atoms with Gasteiger partial charge in [0, 0.05) is 10.9 Å². The Bertz CT molecular complexity index is 916. The second-order valence-corrected chi connectivity index (χ2v) is 5.99. The molecule has 1 heterocycles. The predicted molar refractivity (Wildman–Crippen MR) is 94.8 cm³/mol. The lowest BCUT2D eigenvalue weighted by atomic mass is 9.96. The first kappa shape index (κ1) is 16.0. The summed E-state index contributed by atoms with van der Waals surface area (Å²) in [5, 5.41) is 10.3. The number of para-hydroxylation sites is 1. The van der Waals surface area contributed by atoms with Crippen LogP contribution < -0.4 is 4.74 Å². The zero-order chi connectivity index (χ0) is 17.3. The molecule has 2 aromatic carbocycles. The molecule has 3 rings (SSSR count). The van der Waals surface area contributed by atoms with Crippen molar-refractivity contribution >= 4 is 16.9 Å². The van der Waals surface area contributed by atoms with Crippen LogP contribution in [-0.2, 0) is 0 Å². The normalized spacial score (nSPS) is 11.0. The summed E-state index contributed by atoms with van der Waals surface area (Å²) in [5.74, 6) is 0.0132. The highest BCUT2D eigenvalue weighted by Crippen LogP contribution is 2.31. The van der Waals surface area contributed by atoms with Crippen molar-refractivity contribution in [3.63, 3.8) is 0 Å². The van der Waals surface area contributed by atoms with E-state index in [1.165, 1.54) is 0 Å². The van der Waals surface area contributed by atoms with Gasteiger partial charge in [0.25, 0.3) is 0 Å². The van der Waals surface area contributed by atoms with Gasteiger partial charge in [0.05, 0.1) is 23.9 Å². The fraction of sp³-hybridized carbons (Fsp3) is 0.200. The van der Waals surface area contributed by atoms with Crippen LogP contribution in [-0.4, -0.2) is 23.2 Å². The van der Waals surface area contributed by atoms with Crippen LogP contribution in [0.1, 0.15) is 35.7 Å². The molecule has 0 amide bonds. The lowest BCUT2D eigenvalue weighted by molar-refractivity contribution is 0.0699. The van der Waals surface area contributed by atoms with Crippen molar-refractivity contribution < 1.29 is 14.6 Å². The summed E-state index contributed by atoms with van der Waals surface area (Å²) in [7, 11) is 1.60. The first-order valence-corrected chi connectivity index (χ1v) is 7.82. The molecule has 0 saturated heterocycles. The molecular formula is C20H19NO3. The summed E-state index contributed by atoms with van der Waals surface area (Å²) in [6.07, 6.45) is 0. The average molecular weight is 321 g/mol. The van der Waals surface area contributed by atoms with Gasteiger partial charge in [-0.3, -0.25) is 0 Å². The molecule has 0 atom stereocenters. The van der Waals surface area contributed by atoms with Gasteiger partial charge < -0.3 is 9.84 Å². The SMILES string of the molecule is COc1cccc(-c2cc(C(=O)O)c3cccc(C(C)C)c3n2)c1. The molecule has 24 heavy (non-hydrogen) atoms. The molecule has 0 aliphatic rings. The molecule has 4 heteroatoms. The van der Waals surface area contributed by atoms with Crippen LogP contribution in [0.5, 0.6) is 5.75 Å². The monoisotopic (exact) mass is 321 g/mol. The van der Waals surface area contributed by atoms with Gasteiger partial charge in [-0.1, -0.05) is 44.2 Å². The van der Waals surface area contributed by atoms with E-state index in [4.69, 9.17) is 9.72 Å². The maximum absolute atomic E-state index is 11.8. The van der Waals surface area contributed by atoms with Crippen molar-refractivity contribution in [3.8, 4) is 17.0 Å². The zero-order valence-corrected chi connectivity index (χ0v) is 13.9. The van der Waals surface area contributed by atoms with Crippen molar-refractivity contribution in [2.45, 2.75) is 19.8 Å². The Morgan fingerprint density at radius 2 is 1.88 bits per heavy atom. The zero-order valence-electron chi connectivity index (χ0n) is 13.9. The number of aromatic carboxylic acids is 1. The Morgan fingerprint density at radius 3 is 2.54 bits per heavy atom. The van der Waals surface area contributed by atoms with Crippen LogP contribution in [0.2, 0.25) is 0 Å². The molecule has 0 unspecified atom stereocenters. The number of rotatable bonds is 4. The van der Waals surface area contributed by atoms with Gasteiger partial charge in [0.2, 0.25) is 0 Å². The van der Waals surface area contributed by atoms with E-state index in [2.05, 4.69) is 13.8 Å². The fourth-order valence-corrected chi connectivity index (χ4v) is 2.84. The van der Waals surface area contributed by atoms with E-state index in [-0.39, 0.29) is 11.5 Å². The molecule has 1 N–H and O–H groups in total. The lowest BCUT2D eigenvalue weighted by Crippen LogP contribution is -2.02. The summed E-state index contributed by atoms with van der Waals surface area (Å²) >= 11 is 0. The minimum Gasteiger partial charge on any atom is -0.497 e. The summed E-state index contributed by atoms with van der Waals surface area (Å²) in [4.78, 5) is 16.5. The summed E-state index contributed by atoms with van der Waals surface area (Å²) < 4.78 is 5.26. The van der Waals surface area contributed by atoms with E-state index in [0.717, 1.165) is 16.6 Å². The van der Waals surface area contributed by atoms with Gasteiger partial charge in [-0.15, -0.1) is 0 Å². The molecule has 4 nitrogen and oxygen atoms in total. The predicted octanol–water partition coefficient (Wildman–Crippen LogP) is 4.73.